The summed E-state index contributed by atoms with van der Waals surface area (Å²) in [6, 6.07) is 25.1. The highest BCUT2D eigenvalue weighted by atomic mass is 79.9. The lowest BCUT2D eigenvalue weighted by atomic mass is 10.1. The van der Waals surface area contributed by atoms with E-state index in [4.69, 9.17) is 9.47 Å². The highest BCUT2D eigenvalue weighted by Crippen LogP contribution is 2.34. The number of hydrazone groups is 1. The number of hydrogen-bond donors (Lipinski definition) is 2. The molecular weight excluding hydrogens is 631 g/mol. The minimum Gasteiger partial charge on any atom is -0.490 e. The fourth-order valence-corrected chi connectivity index (χ4v) is 5.22. The summed E-state index contributed by atoms with van der Waals surface area (Å²) in [5.41, 5.74) is 8.30. The first-order valence-electron chi connectivity index (χ1n) is 13.4. The van der Waals surface area contributed by atoms with Crippen molar-refractivity contribution in [2.45, 2.75) is 20.5 Å². The Bertz CT molecular complexity index is 1740. The zero-order valence-corrected chi connectivity index (χ0v) is 25.8. The lowest BCUT2D eigenvalue weighted by Gasteiger charge is -2.14. The summed E-state index contributed by atoms with van der Waals surface area (Å²) in [6.07, 6.45) is 1.52. The summed E-state index contributed by atoms with van der Waals surface area (Å²) in [5.74, 6) is 0.332. The van der Waals surface area contributed by atoms with Crippen molar-refractivity contribution in [2.75, 3.05) is 11.9 Å². The van der Waals surface area contributed by atoms with Crippen molar-refractivity contribution in [3.8, 4) is 22.8 Å². The number of nitrogens with one attached hydrogen (secondary N) is 2. The average Bonchev–Trinajstić information content (AvgIpc) is 3.47. The van der Waals surface area contributed by atoms with Crippen molar-refractivity contribution in [1.82, 2.24) is 10.4 Å². The standard InChI is InChI=1S/C33H28BrFN4O3S/c1-3-41-30-16-25(28(34)17-31(30)42-19-22-5-4-6-26(35)15-22)18-36-39-32(40)24-11-9-23(10-12-24)29-20-43-33(38-29)37-27-13-7-21(2)8-14-27/h4-18,20H,3,19H2,1-2H3,(H,37,38)(H,39,40)/b36-18-. The molecule has 2 N–H and O–H groups in total. The molecule has 1 heterocycles. The molecular formula is C33H28BrFN4O3S. The first-order chi connectivity index (χ1) is 20.9. The van der Waals surface area contributed by atoms with Gasteiger partial charge in [0.15, 0.2) is 16.6 Å². The van der Waals surface area contributed by atoms with Crippen LogP contribution in [0.4, 0.5) is 15.2 Å². The van der Waals surface area contributed by atoms with Gasteiger partial charge in [-0.15, -0.1) is 11.3 Å². The Labute approximate surface area is 261 Å². The van der Waals surface area contributed by atoms with E-state index in [0.717, 1.165) is 22.1 Å². The number of hydrogen-bond acceptors (Lipinski definition) is 7. The quantitative estimate of drug-likeness (QED) is 0.110. The van der Waals surface area contributed by atoms with Crippen LogP contribution in [0.3, 0.4) is 0 Å². The van der Waals surface area contributed by atoms with Crippen LogP contribution in [0.5, 0.6) is 11.5 Å². The molecule has 0 unspecified atom stereocenters. The number of carbonyl (C=O) groups excluding carboxylic acids is 1. The number of aryl methyl sites for hydroxylation is 1. The Morgan fingerprint density at radius 3 is 2.53 bits per heavy atom. The van der Waals surface area contributed by atoms with E-state index in [1.165, 1.54) is 35.2 Å². The maximum atomic E-state index is 13.5. The third-order valence-corrected chi connectivity index (χ3v) is 7.71. The molecule has 0 radical (unpaired) electrons. The summed E-state index contributed by atoms with van der Waals surface area (Å²) in [4.78, 5) is 17.4. The molecule has 0 bridgehead atoms. The maximum absolute atomic E-state index is 13.5. The van der Waals surface area contributed by atoms with Crippen LogP contribution in [0.2, 0.25) is 0 Å². The van der Waals surface area contributed by atoms with Gasteiger partial charge in [-0.2, -0.15) is 5.10 Å². The van der Waals surface area contributed by atoms with Gasteiger partial charge in [0.1, 0.15) is 12.4 Å². The molecule has 5 rings (SSSR count). The molecule has 0 fully saturated rings. The van der Waals surface area contributed by atoms with Crippen molar-refractivity contribution in [2.24, 2.45) is 5.10 Å². The third kappa shape index (κ3) is 8.06. The van der Waals surface area contributed by atoms with Gasteiger partial charge in [0, 0.05) is 32.2 Å². The van der Waals surface area contributed by atoms with E-state index in [2.05, 4.69) is 36.8 Å². The van der Waals surface area contributed by atoms with Crippen molar-refractivity contribution in [1.29, 1.82) is 0 Å². The van der Waals surface area contributed by atoms with Gasteiger partial charge in [0.2, 0.25) is 0 Å². The second-order valence-corrected chi connectivity index (χ2v) is 11.2. The van der Waals surface area contributed by atoms with Crippen LogP contribution in [0.15, 0.2) is 99.9 Å². The van der Waals surface area contributed by atoms with Crippen LogP contribution in [0, 0.1) is 12.7 Å². The van der Waals surface area contributed by atoms with Gasteiger partial charge >= 0.3 is 0 Å². The Morgan fingerprint density at radius 1 is 1.02 bits per heavy atom. The second-order valence-electron chi connectivity index (χ2n) is 9.48. The van der Waals surface area contributed by atoms with E-state index in [-0.39, 0.29) is 18.3 Å². The van der Waals surface area contributed by atoms with Crippen LogP contribution in [0.25, 0.3) is 11.3 Å². The molecule has 5 aromatic rings. The predicted molar refractivity (Wildman–Crippen MR) is 173 cm³/mol. The molecule has 43 heavy (non-hydrogen) atoms. The zero-order chi connectivity index (χ0) is 30.2. The van der Waals surface area contributed by atoms with Gasteiger partial charge < -0.3 is 14.8 Å². The predicted octanol–water partition coefficient (Wildman–Crippen LogP) is 8.51. The van der Waals surface area contributed by atoms with E-state index in [0.29, 0.717) is 39.3 Å². The lowest BCUT2D eigenvalue weighted by molar-refractivity contribution is 0.0955. The summed E-state index contributed by atoms with van der Waals surface area (Å²) in [5, 5.41) is 10.2. The second kappa shape index (κ2) is 14.1. The molecule has 10 heteroatoms. The molecule has 7 nitrogen and oxygen atoms in total. The summed E-state index contributed by atoms with van der Waals surface area (Å²) >= 11 is 5.04. The van der Waals surface area contributed by atoms with E-state index in [1.54, 1.807) is 36.4 Å². The third-order valence-electron chi connectivity index (χ3n) is 6.27. The van der Waals surface area contributed by atoms with E-state index >= 15 is 0 Å². The fraction of sp³-hybridized carbons (Fsp3) is 0.121. The fourth-order valence-electron chi connectivity index (χ4n) is 4.06. The number of ether oxygens (including phenoxy) is 2. The summed E-state index contributed by atoms with van der Waals surface area (Å²) < 4.78 is 25.8. The van der Waals surface area contributed by atoms with Gasteiger partial charge in [-0.3, -0.25) is 4.79 Å². The Kier molecular flexibility index (Phi) is 9.81. The van der Waals surface area contributed by atoms with Crippen molar-refractivity contribution >= 4 is 50.2 Å². The van der Waals surface area contributed by atoms with Crippen molar-refractivity contribution in [3.63, 3.8) is 0 Å². The molecule has 0 aliphatic carbocycles. The number of halogens is 2. The first kappa shape index (κ1) is 29.9. The minimum atomic E-state index is -0.348. The average molecular weight is 660 g/mol. The molecule has 1 aromatic heterocycles. The molecule has 0 saturated heterocycles. The van der Waals surface area contributed by atoms with Gasteiger partial charge in [0.25, 0.3) is 5.91 Å². The zero-order valence-electron chi connectivity index (χ0n) is 23.4. The smallest absolute Gasteiger partial charge is 0.271 e. The van der Waals surface area contributed by atoms with Crippen LogP contribution in [0.1, 0.15) is 34.0 Å². The topological polar surface area (TPSA) is 84.8 Å². The lowest BCUT2D eigenvalue weighted by Crippen LogP contribution is -2.17. The SMILES string of the molecule is CCOc1cc(/C=N\NC(=O)c2ccc(-c3csc(Nc4ccc(C)cc4)n3)cc2)c(Br)cc1OCc1cccc(F)c1. The molecule has 0 spiro atoms. The minimum absolute atomic E-state index is 0.181. The Morgan fingerprint density at radius 2 is 1.79 bits per heavy atom. The number of amides is 1. The van der Waals surface area contributed by atoms with Crippen molar-refractivity contribution in [3.05, 3.63) is 123 Å². The number of carbonyl (C=O) groups is 1. The molecule has 218 valence electrons. The maximum Gasteiger partial charge on any atom is 0.271 e. The summed E-state index contributed by atoms with van der Waals surface area (Å²) in [7, 11) is 0. The van der Waals surface area contributed by atoms with E-state index < -0.39 is 0 Å². The number of anilines is 2. The van der Waals surface area contributed by atoms with Gasteiger partial charge in [-0.1, -0.05) is 42.0 Å². The van der Waals surface area contributed by atoms with Crippen LogP contribution in [-0.4, -0.2) is 23.7 Å². The summed E-state index contributed by atoms with van der Waals surface area (Å²) in [6.45, 7) is 4.52. The number of nitrogens with zero attached hydrogens (tertiary/aromatic N) is 2. The van der Waals surface area contributed by atoms with E-state index in [9.17, 15) is 9.18 Å². The van der Waals surface area contributed by atoms with Crippen LogP contribution >= 0.6 is 27.3 Å². The number of benzene rings is 4. The molecule has 0 atom stereocenters. The highest BCUT2D eigenvalue weighted by Gasteiger charge is 2.12. The molecule has 0 aliphatic heterocycles. The Balaban J connectivity index is 1.20. The number of thiazole rings is 1. The number of rotatable bonds is 11. The van der Waals surface area contributed by atoms with E-state index in [1.807, 2.05) is 55.6 Å². The van der Waals surface area contributed by atoms with Crippen molar-refractivity contribution < 1.29 is 18.7 Å². The molecule has 1 amide bonds. The van der Waals surface area contributed by atoms with Gasteiger partial charge in [0.05, 0.1) is 18.5 Å². The normalized spacial score (nSPS) is 11.0. The largest absolute Gasteiger partial charge is 0.490 e. The van der Waals surface area contributed by atoms with Gasteiger partial charge in [-0.05, 0) is 83.9 Å². The monoisotopic (exact) mass is 658 g/mol. The first-order valence-corrected chi connectivity index (χ1v) is 15.1. The highest BCUT2D eigenvalue weighted by molar-refractivity contribution is 9.10. The number of aromatic nitrogens is 1. The van der Waals surface area contributed by atoms with Gasteiger partial charge in [-0.25, -0.2) is 14.8 Å². The molecule has 0 saturated carbocycles. The van der Waals surface area contributed by atoms with Crippen LogP contribution < -0.4 is 20.2 Å². The Hall–Kier alpha value is -4.54. The molecule has 4 aromatic carbocycles. The van der Waals surface area contributed by atoms with Crippen LogP contribution in [-0.2, 0) is 6.61 Å². The molecule has 0 aliphatic rings.